The molecule has 0 spiro atoms. The smallest absolute Gasteiger partial charge is 0.257 e. The summed E-state index contributed by atoms with van der Waals surface area (Å²) in [6, 6.07) is 8.20. The number of nitrogens with two attached hydrogens (primary N) is 1. The number of rotatable bonds is 2. The van der Waals surface area contributed by atoms with Gasteiger partial charge in [-0.05, 0) is 46.3 Å². The highest BCUT2D eigenvalue weighted by Gasteiger charge is 2.11. The van der Waals surface area contributed by atoms with E-state index in [1.165, 1.54) is 6.07 Å². The maximum atomic E-state index is 12.0. The first-order valence-electron chi connectivity index (χ1n) is 5.05. The first-order valence-corrected chi connectivity index (χ1v) is 6.22. The van der Waals surface area contributed by atoms with Crippen LogP contribution in [0.3, 0.4) is 0 Å². The summed E-state index contributed by atoms with van der Waals surface area (Å²) in [5, 5.41) is 3.21. The van der Waals surface area contributed by atoms with E-state index < -0.39 is 0 Å². The molecule has 2 aromatic rings. The fraction of sp³-hybridized carbons (Fsp3) is 0. The Morgan fingerprint density at radius 1 is 1.39 bits per heavy atom. The molecule has 1 aromatic carbocycles. The normalized spacial score (nSPS) is 10.1. The fourth-order valence-corrected chi connectivity index (χ4v) is 1.94. The van der Waals surface area contributed by atoms with Crippen molar-refractivity contribution in [1.82, 2.24) is 4.98 Å². The van der Waals surface area contributed by atoms with E-state index >= 15 is 0 Å². The lowest BCUT2D eigenvalue weighted by molar-refractivity contribution is 0.102. The molecule has 6 heteroatoms. The molecular weight excluding hydrogens is 318 g/mol. The van der Waals surface area contributed by atoms with Crippen molar-refractivity contribution in [1.29, 1.82) is 0 Å². The molecule has 2 rings (SSSR count). The maximum absolute atomic E-state index is 12.0. The van der Waals surface area contributed by atoms with E-state index in [9.17, 15) is 4.79 Å². The SMILES string of the molecule is Nc1cc(Cl)ccc1C(=O)Nc1cccnc1Br. The molecule has 0 radical (unpaired) electrons. The molecule has 92 valence electrons. The van der Waals surface area contributed by atoms with Crippen LogP contribution in [0.25, 0.3) is 0 Å². The predicted octanol–water partition coefficient (Wildman–Crippen LogP) is 3.33. The third-order valence-electron chi connectivity index (χ3n) is 2.27. The van der Waals surface area contributed by atoms with Crippen LogP contribution in [0.15, 0.2) is 41.1 Å². The van der Waals surface area contributed by atoms with Crippen molar-refractivity contribution in [2.24, 2.45) is 0 Å². The summed E-state index contributed by atoms with van der Waals surface area (Å²) in [6.45, 7) is 0. The van der Waals surface area contributed by atoms with Crippen molar-refractivity contribution in [3.63, 3.8) is 0 Å². The molecule has 1 amide bonds. The summed E-state index contributed by atoms with van der Waals surface area (Å²) >= 11 is 9.03. The maximum Gasteiger partial charge on any atom is 0.257 e. The molecule has 0 aliphatic rings. The van der Waals surface area contributed by atoms with Crippen LogP contribution < -0.4 is 11.1 Å². The highest BCUT2D eigenvalue weighted by molar-refractivity contribution is 9.10. The first-order chi connectivity index (χ1) is 8.58. The monoisotopic (exact) mass is 325 g/mol. The lowest BCUT2D eigenvalue weighted by atomic mass is 10.1. The predicted molar refractivity (Wildman–Crippen MR) is 75.8 cm³/mol. The Balaban J connectivity index is 2.25. The Labute approximate surface area is 117 Å². The van der Waals surface area contributed by atoms with Crippen molar-refractivity contribution >= 4 is 44.8 Å². The zero-order valence-corrected chi connectivity index (χ0v) is 11.5. The van der Waals surface area contributed by atoms with E-state index in [2.05, 4.69) is 26.2 Å². The third-order valence-corrected chi connectivity index (χ3v) is 3.13. The number of carbonyl (C=O) groups is 1. The molecule has 0 unspecified atom stereocenters. The number of hydrogen-bond donors (Lipinski definition) is 2. The van der Waals surface area contributed by atoms with Crippen molar-refractivity contribution in [2.75, 3.05) is 11.1 Å². The first kappa shape index (κ1) is 12.9. The van der Waals surface area contributed by atoms with Crippen LogP contribution in [0.5, 0.6) is 0 Å². The number of nitrogens with zero attached hydrogens (tertiary/aromatic N) is 1. The van der Waals surface area contributed by atoms with Gasteiger partial charge in [-0.25, -0.2) is 4.98 Å². The Hall–Kier alpha value is -1.59. The number of nitrogens with one attached hydrogen (secondary N) is 1. The molecule has 0 saturated heterocycles. The molecule has 18 heavy (non-hydrogen) atoms. The molecule has 1 heterocycles. The molecule has 0 fully saturated rings. The highest BCUT2D eigenvalue weighted by Crippen LogP contribution is 2.22. The van der Waals surface area contributed by atoms with Gasteiger partial charge in [0, 0.05) is 16.9 Å². The number of halogens is 2. The van der Waals surface area contributed by atoms with Gasteiger partial charge in [-0.15, -0.1) is 0 Å². The minimum absolute atomic E-state index is 0.308. The topological polar surface area (TPSA) is 68.0 Å². The summed E-state index contributed by atoms with van der Waals surface area (Å²) in [7, 11) is 0. The number of aromatic nitrogens is 1. The molecule has 3 N–H and O–H groups in total. The summed E-state index contributed by atoms with van der Waals surface area (Å²) < 4.78 is 0.561. The fourth-order valence-electron chi connectivity index (χ4n) is 1.41. The summed E-state index contributed by atoms with van der Waals surface area (Å²) in [4.78, 5) is 16.0. The van der Waals surface area contributed by atoms with Gasteiger partial charge in [0.2, 0.25) is 0 Å². The third kappa shape index (κ3) is 2.80. The van der Waals surface area contributed by atoms with Gasteiger partial charge < -0.3 is 11.1 Å². The second kappa shape index (κ2) is 5.37. The van der Waals surface area contributed by atoms with Crippen LogP contribution in [-0.4, -0.2) is 10.9 Å². The standard InChI is InChI=1S/C12H9BrClN3O/c13-11-10(2-1-5-16-11)17-12(18)8-4-3-7(14)6-9(8)15/h1-6H,15H2,(H,17,18). The molecule has 0 bridgehead atoms. The van der Waals surface area contributed by atoms with Crippen LogP contribution >= 0.6 is 27.5 Å². The number of nitrogen functional groups attached to an aromatic ring is 1. The molecule has 0 saturated carbocycles. The van der Waals surface area contributed by atoms with Gasteiger partial charge in [0.15, 0.2) is 0 Å². The number of benzene rings is 1. The van der Waals surface area contributed by atoms with E-state index in [1.54, 1.807) is 30.5 Å². The molecule has 4 nitrogen and oxygen atoms in total. The van der Waals surface area contributed by atoms with E-state index in [0.717, 1.165) is 0 Å². The Morgan fingerprint density at radius 2 is 2.17 bits per heavy atom. The molecule has 0 atom stereocenters. The van der Waals surface area contributed by atoms with Crippen LogP contribution in [0, 0.1) is 0 Å². The van der Waals surface area contributed by atoms with Gasteiger partial charge in [0.1, 0.15) is 4.60 Å². The molecular formula is C12H9BrClN3O. The average Bonchev–Trinajstić information content (AvgIpc) is 2.32. The van der Waals surface area contributed by atoms with Crippen LogP contribution in [0.1, 0.15) is 10.4 Å². The minimum atomic E-state index is -0.308. The molecule has 1 aromatic heterocycles. The van der Waals surface area contributed by atoms with Gasteiger partial charge >= 0.3 is 0 Å². The Morgan fingerprint density at radius 3 is 2.83 bits per heavy atom. The van der Waals surface area contributed by atoms with E-state index in [0.29, 0.717) is 26.6 Å². The summed E-state index contributed by atoms with van der Waals surface area (Å²) in [5.74, 6) is -0.308. The highest BCUT2D eigenvalue weighted by atomic mass is 79.9. The second-order valence-electron chi connectivity index (χ2n) is 3.53. The Bertz CT molecular complexity index is 604. The van der Waals surface area contributed by atoms with E-state index in [4.69, 9.17) is 17.3 Å². The van der Waals surface area contributed by atoms with E-state index in [1.807, 2.05) is 0 Å². The summed E-state index contributed by atoms with van der Waals surface area (Å²) in [5.41, 5.74) is 7.03. The van der Waals surface area contributed by atoms with Gasteiger partial charge in [-0.3, -0.25) is 4.79 Å². The van der Waals surface area contributed by atoms with Crippen molar-refractivity contribution < 1.29 is 4.79 Å². The lowest BCUT2D eigenvalue weighted by Crippen LogP contribution is -2.14. The van der Waals surface area contributed by atoms with Crippen molar-refractivity contribution in [3.8, 4) is 0 Å². The number of carbonyl (C=O) groups excluding carboxylic acids is 1. The number of anilines is 2. The molecule has 0 aliphatic carbocycles. The van der Waals surface area contributed by atoms with Gasteiger partial charge in [-0.1, -0.05) is 11.6 Å². The summed E-state index contributed by atoms with van der Waals surface area (Å²) in [6.07, 6.45) is 1.62. The van der Waals surface area contributed by atoms with Crippen LogP contribution in [-0.2, 0) is 0 Å². The van der Waals surface area contributed by atoms with Crippen LogP contribution in [0.2, 0.25) is 5.02 Å². The second-order valence-corrected chi connectivity index (χ2v) is 4.72. The van der Waals surface area contributed by atoms with Gasteiger partial charge in [-0.2, -0.15) is 0 Å². The van der Waals surface area contributed by atoms with Crippen molar-refractivity contribution in [2.45, 2.75) is 0 Å². The number of amides is 1. The van der Waals surface area contributed by atoms with Crippen molar-refractivity contribution in [3.05, 3.63) is 51.7 Å². The largest absolute Gasteiger partial charge is 0.398 e. The van der Waals surface area contributed by atoms with Crippen LogP contribution in [0.4, 0.5) is 11.4 Å². The number of hydrogen-bond acceptors (Lipinski definition) is 3. The van der Waals surface area contributed by atoms with E-state index in [-0.39, 0.29) is 5.91 Å². The zero-order valence-electron chi connectivity index (χ0n) is 9.15. The minimum Gasteiger partial charge on any atom is -0.398 e. The van der Waals surface area contributed by atoms with Gasteiger partial charge in [0.05, 0.1) is 11.3 Å². The Kier molecular flexibility index (Phi) is 3.84. The average molecular weight is 327 g/mol. The van der Waals surface area contributed by atoms with Gasteiger partial charge in [0.25, 0.3) is 5.91 Å². The quantitative estimate of drug-likeness (QED) is 0.657. The lowest BCUT2D eigenvalue weighted by Gasteiger charge is -2.08. The molecule has 0 aliphatic heterocycles. The number of pyridine rings is 1. The zero-order chi connectivity index (χ0) is 13.1.